The Morgan fingerprint density at radius 1 is 1.33 bits per heavy atom. The summed E-state index contributed by atoms with van der Waals surface area (Å²) in [7, 11) is 2.01. The molecule has 0 rings (SSSR count). The Hall–Kier alpha value is -0.0800. The van der Waals surface area contributed by atoms with Gasteiger partial charge in [0.2, 0.25) is 0 Å². The molecule has 0 aliphatic heterocycles. The molecule has 0 aromatic rings. The van der Waals surface area contributed by atoms with Crippen LogP contribution in [0.4, 0.5) is 0 Å². The van der Waals surface area contributed by atoms with Gasteiger partial charge in [-0.3, -0.25) is 0 Å². The molecule has 2 heteroatoms. The van der Waals surface area contributed by atoms with Gasteiger partial charge in [0.25, 0.3) is 0 Å². The second-order valence-electron chi connectivity index (χ2n) is 2.88. The van der Waals surface area contributed by atoms with E-state index in [0.29, 0.717) is 6.04 Å². The van der Waals surface area contributed by atoms with Crippen molar-refractivity contribution < 1.29 is 5.11 Å². The second kappa shape index (κ2) is 3.85. The first-order valence-electron chi connectivity index (χ1n) is 3.42. The van der Waals surface area contributed by atoms with Crippen molar-refractivity contribution in [2.45, 2.75) is 32.9 Å². The van der Waals surface area contributed by atoms with Crippen LogP contribution in [0.15, 0.2) is 0 Å². The van der Waals surface area contributed by atoms with E-state index in [0.717, 1.165) is 6.54 Å². The van der Waals surface area contributed by atoms with Crippen molar-refractivity contribution in [2.75, 3.05) is 13.6 Å². The standard InChI is InChI=1S/C7H17NO/c1-6(2)8(4)5-7(3)9/h6-7,9H,5H2,1-4H3/t7-/m1/s1. The first-order chi connectivity index (χ1) is 4.04. The molecule has 0 saturated heterocycles. The molecule has 0 fully saturated rings. The van der Waals surface area contributed by atoms with Gasteiger partial charge in [-0.25, -0.2) is 0 Å². The Morgan fingerprint density at radius 3 is 1.89 bits per heavy atom. The van der Waals surface area contributed by atoms with E-state index in [2.05, 4.69) is 18.7 Å². The van der Waals surface area contributed by atoms with E-state index in [-0.39, 0.29) is 6.10 Å². The zero-order valence-corrected chi connectivity index (χ0v) is 6.76. The highest BCUT2D eigenvalue weighted by atomic mass is 16.3. The minimum Gasteiger partial charge on any atom is -0.392 e. The summed E-state index contributed by atoms with van der Waals surface area (Å²) in [4.78, 5) is 2.12. The first kappa shape index (κ1) is 8.92. The molecule has 0 amide bonds. The van der Waals surface area contributed by atoms with E-state index in [4.69, 9.17) is 5.11 Å². The number of hydrogen-bond acceptors (Lipinski definition) is 2. The fraction of sp³-hybridized carbons (Fsp3) is 1.00. The molecule has 1 atom stereocenters. The Labute approximate surface area is 57.5 Å². The van der Waals surface area contributed by atoms with Gasteiger partial charge in [-0.15, -0.1) is 0 Å². The lowest BCUT2D eigenvalue weighted by Crippen LogP contribution is -2.32. The van der Waals surface area contributed by atoms with Crippen molar-refractivity contribution in [3.8, 4) is 0 Å². The topological polar surface area (TPSA) is 23.5 Å². The predicted molar refractivity (Wildman–Crippen MR) is 39.4 cm³/mol. The third-order valence-electron chi connectivity index (χ3n) is 1.43. The summed E-state index contributed by atoms with van der Waals surface area (Å²) in [6, 6.07) is 0.527. The minimum absolute atomic E-state index is 0.211. The third-order valence-corrected chi connectivity index (χ3v) is 1.43. The molecule has 0 radical (unpaired) electrons. The largest absolute Gasteiger partial charge is 0.392 e. The van der Waals surface area contributed by atoms with Crippen molar-refractivity contribution in [3.63, 3.8) is 0 Å². The summed E-state index contributed by atoms with van der Waals surface area (Å²) in [6.07, 6.45) is -0.211. The number of nitrogens with zero attached hydrogens (tertiary/aromatic N) is 1. The van der Waals surface area contributed by atoms with Gasteiger partial charge in [0, 0.05) is 12.6 Å². The molecule has 0 spiro atoms. The number of aliphatic hydroxyl groups excluding tert-OH is 1. The highest BCUT2D eigenvalue weighted by Crippen LogP contribution is 1.94. The van der Waals surface area contributed by atoms with E-state index in [9.17, 15) is 0 Å². The molecular weight excluding hydrogens is 114 g/mol. The summed E-state index contributed by atoms with van der Waals surface area (Å²) in [6.45, 7) is 6.79. The average Bonchev–Trinajstić information content (AvgIpc) is 1.63. The molecule has 0 aliphatic carbocycles. The van der Waals surface area contributed by atoms with Crippen molar-refractivity contribution in [1.29, 1.82) is 0 Å². The number of likely N-dealkylation sites (N-methyl/N-ethyl adjacent to an activating group) is 1. The molecule has 0 aliphatic rings. The molecule has 0 aromatic carbocycles. The highest BCUT2D eigenvalue weighted by Gasteiger charge is 2.04. The fourth-order valence-corrected chi connectivity index (χ4v) is 0.628. The molecule has 0 bridgehead atoms. The van der Waals surface area contributed by atoms with Gasteiger partial charge in [0.05, 0.1) is 6.10 Å². The quantitative estimate of drug-likeness (QED) is 0.609. The number of aliphatic hydroxyl groups is 1. The van der Waals surface area contributed by atoms with Crippen LogP contribution in [0, 0.1) is 0 Å². The van der Waals surface area contributed by atoms with Gasteiger partial charge in [-0.05, 0) is 27.8 Å². The van der Waals surface area contributed by atoms with Crippen LogP contribution >= 0.6 is 0 Å². The van der Waals surface area contributed by atoms with Gasteiger partial charge in [0.15, 0.2) is 0 Å². The molecule has 0 aromatic heterocycles. The number of rotatable bonds is 3. The van der Waals surface area contributed by atoms with E-state index in [1.54, 1.807) is 6.92 Å². The van der Waals surface area contributed by atoms with Gasteiger partial charge in [-0.2, -0.15) is 0 Å². The molecule has 0 heterocycles. The maximum Gasteiger partial charge on any atom is 0.0639 e. The van der Waals surface area contributed by atoms with Crippen LogP contribution in [0.25, 0.3) is 0 Å². The van der Waals surface area contributed by atoms with Crippen molar-refractivity contribution in [3.05, 3.63) is 0 Å². The lowest BCUT2D eigenvalue weighted by atomic mass is 10.3. The Balaban J connectivity index is 3.38. The van der Waals surface area contributed by atoms with Crippen molar-refractivity contribution in [2.24, 2.45) is 0 Å². The molecule has 0 unspecified atom stereocenters. The number of hydrogen-bond donors (Lipinski definition) is 1. The molecule has 9 heavy (non-hydrogen) atoms. The lowest BCUT2D eigenvalue weighted by molar-refractivity contribution is 0.126. The van der Waals surface area contributed by atoms with Gasteiger partial charge < -0.3 is 10.0 Å². The Bertz CT molecular complexity index is 71.3. The van der Waals surface area contributed by atoms with E-state index in [1.165, 1.54) is 0 Å². The normalized spacial score (nSPS) is 15.0. The van der Waals surface area contributed by atoms with Crippen LogP contribution in [0.3, 0.4) is 0 Å². The summed E-state index contributed by atoms with van der Waals surface area (Å²) >= 11 is 0. The van der Waals surface area contributed by atoms with Crippen LogP contribution in [-0.2, 0) is 0 Å². The van der Waals surface area contributed by atoms with Crippen LogP contribution in [0.1, 0.15) is 20.8 Å². The maximum atomic E-state index is 8.93. The monoisotopic (exact) mass is 131 g/mol. The zero-order valence-electron chi connectivity index (χ0n) is 6.76. The van der Waals surface area contributed by atoms with Crippen molar-refractivity contribution in [1.82, 2.24) is 4.90 Å². The van der Waals surface area contributed by atoms with Crippen LogP contribution in [0.5, 0.6) is 0 Å². The fourth-order valence-electron chi connectivity index (χ4n) is 0.628. The molecule has 56 valence electrons. The maximum absolute atomic E-state index is 8.93. The Morgan fingerprint density at radius 2 is 1.78 bits per heavy atom. The van der Waals surface area contributed by atoms with Gasteiger partial charge in [0.1, 0.15) is 0 Å². The molecule has 0 saturated carbocycles. The third kappa shape index (κ3) is 4.43. The zero-order chi connectivity index (χ0) is 7.44. The smallest absolute Gasteiger partial charge is 0.0639 e. The van der Waals surface area contributed by atoms with Gasteiger partial charge >= 0.3 is 0 Å². The van der Waals surface area contributed by atoms with Crippen LogP contribution in [-0.4, -0.2) is 35.7 Å². The van der Waals surface area contributed by atoms with Gasteiger partial charge in [-0.1, -0.05) is 0 Å². The summed E-state index contributed by atoms with van der Waals surface area (Å²) in [5, 5.41) is 8.93. The summed E-state index contributed by atoms with van der Waals surface area (Å²) in [5.74, 6) is 0. The minimum atomic E-state index is -0.211. The van der Waals surface area contributed by atoms with E-state index in [1.807, 2.05) is 7.05 Å². The molecule has 2 nitrogen and oxygen atoms in total. The molecular formula is C7H17NO. The predicted octanol–water partition coefficient (Wildman–Crippen LogP) is 0.707. The van der Waals surface area contributed by atoms with E-state index >= 15 is 0 Å². The summed E-state index contributed by atoms with van der Waals surface area (Å²) in [5.41, 5.74) is 0. The average molecular weight is 131 g/mol. The lowest BCUT2D eigenvalue weighted by Gasteiger charge is -2.21. The highest BCUT2D eigenvalue weighted by molar-refractivity contribution is 4.59. The SMILES string of the molecule is CC(C)N(C)C[C@@H](C)O. The first-order valence-corrected chi connectivity index (χ1v) is 3.42. The molecule has 1 N–H and O–H groups in total. The second-order valence-corrected chi connectivity index (χ2v) is 2.88. The van der Waals surface area contributed by atoms with E-state index < -0.39 is 0 Å². The Kier molecular flexibility index (Phi) is 3.82. The van der Waals surface area contributed by atoms with Crippen molar-refractivity contribution >= 4 is 0 Å². The summed E-state index contributed by atoms with van der Waals surface area (Å²) < 4.78 is 0. The van der Waals surface area contributed by atoms with Crippen LogP contribution in [0.2, 0.25) is 0 Å². The van der Waals surface area contributed by atoms with Crippen LogP contribution < -0.4 is 0 Å².